The van der Waals surface area contributed by atoms with Crippen molar-refractivity contribution in [2.45, 2.75) is 84.1 Å². The predicted molar refractivity (Wildman–Crippen MR) is 183 cm³/mol. The van der Waals surface area contributed by atoms with E-state index < -0.39 is 28.6 Å². The number of aromatic amines is 1. The van der Waals surface area contributed by atoms with Crippen molar-refractivity contribution in [3.05, 3.63) is 63.5 Å². The van der Waals surface area contributed by atoms with Gasteiger partial charge in [-0.2, -0.15) is 15.5 Å². The number of carbonyl (C=O) groups excluding carboxylic acids is 1. The number of nitrogens with one attached hydrogen (secondary N) is 2. The fourth-order valence-electron chi connectivity index (χ4n) is 6.03. The van der Waals surface area contributed by atoms with Crippen LogP contribution in [-0.2, 0) is 18.3 Å². The molecule has 12 heteroatoms. The zero-order valence-corrected chi connectivity index (χ0v) is 28.7. The van der Waals surface area contributed by atoms with Crippen LogP contribution in [0.5, 0.6) is 5.75 Å². The second-order valence-corrected chi connectivity index (χ2v) is 14.1. The summed E-state index contributed by atoms with van der Waals surface area (Å²) in [5, 5.41) is 25.1. The van der Waals surface area contributed by atoms with Gasteiger partial charge in [-0.1, -0.05) is 17.9 Å². The fraction of sp³-hybridized carbons (Fsp3) is 0.432. The Morgan fingerprint density at radius 2 is 1.88 bits per heavy atom. The van der Waals surface area contributed by atoms with Crippen molar-refractivity contribution in [1.82, 2.24) is 30.2 Å². The van der Waals surface area contributed by atoms with Gasteiger partial charge in [0, 0.05) is 24.1 Å². The van der Waals surface area contributed by atoms with E-state index >= 15 is 4.39 Å². The lowest BCUT2D eigenvalue weighted by molar-refractivity contribution is 0.0523. The molecule has 2 aromatic carbocycles. The van der Waals surface area contributed by atoms with Crippen molar-refractivity contribution in [2.75, 3.05) is 13.1 Å². The van der Waals surface area contributed by atoms with Gasteiger partial charge in [0.15, 0.2) is 0 Å². The summed E-state index contributed by atoms with van der Waals surface area (Å²) in [5.41, 5.74) is 0.520. The van der Waals surface area contributed by atoms with Crippen LogP contribution in [0.3, 0.4) is 0 Å². The SMILES string of the molecule is Cn1ncc(-c2ccc3c(=O)[nH]nc(CNC(=O)OC(C)(C)C)c3c2)c1-c1c(F)c(C#CC(C)(C)N2CCCC2)cc(OC2CC2)c1C#N. The van der Waals surface area contributed by atoms with Gasteiger partial charge in [-0.3, -0.25) is 14.4 Å². The molecule has 0 radical (unpaired) electrons. The molecule has 1 saturated heterocycles. The number of carbonyl (C=O) groups is 1. The Hall–Kier alpha value is -5.20. The summed E-state index contributed by atoms with van der Waals surface area (Å²) < 4.78 is 29.9. The van der Waals surface area contributed by atoms with Gasteiger partial charge in [-0.15, -0.1) is 0 Å². The predicted octanol–water partition coefficient (Wildman–Crippen LogP) is 5.79. The third-order valence-corrected chi connectivity index (χ3v) is 8.71. The molecule has 0 bridgehead atoms. The summed E-state index contributed by atoms with van der Waals surface area (Å²) in [6.07, 6.45) is 4.83. The number of nitrogens with zero attached hydrogens (tertiary/aromatic N) is 5. The van der Waals surface area contributed by atoms with Crippen LogP contribution in [0.15, 0.2) is 35.3 Å². The molecule has 0 atom stereocenters. The highest BCUT2D eigenvalue weighted by atomic mass is 19.1. The Balaban J connectivity index is 1.47. The number of H-pyrrole nitrogens is 1. The largest absolute Gasteiger partial charge is 0.489 e. The van der Waals surface area contributed by atoms with Crippen LogP contribution in [-0.4, -0.2) is 61.3 Å². The number of amides is 1. The van der Waals surface area contributed by atoms with Crippen LogP contribution in [0.2, 0.25) is 0 Å². The minimum atomic E-state index is -0.692. The summed E-state index contributed by atoms with van der Waals surface area (Å²) in [5.74, 6) is 6.02. The van der Waals surface area contributed by atoms with E-state index in [1.807, 2.05) is 13.8 Å². The third-order valence-electron chi connectivity index (χ3n) is 8.71. The second kappa shape index (κ2) is 13.0. The number of aryl methyl sites for hydroxylation is 1. The first kappa shape index (κ1) is 33.7. The molecule has 11 nitrogen and oxygen atoms in total. The smallest absolute Gasteiger partial charge is 0.407 e. The molecule has 2 aliphatic rings. The highest BCUT2D eigenvalue weighted by Gasteiger charge is 2.31. The number of hydrogen-bond acceptors (Lipinski definition) is 8. The van der Waals surface area contributed by atoms with Gasteiger partial charge < -0.3 is 14.8 Å². The monoisotopic (exact) mass is 665 g/mol. The zero-order chi connectivity index (χ0) is 35.1. The molecule has 2 N–H and O–H groups in total. The quantitative estimate of drug-likeness (QED) is 0.237. The van der Waals surface area contributed by atoms with Crippen molar-refractivity contribution in [3.8, 4) is 46.0 Å². The maximum atomic E-state index is 16.8. The van der Waals surface area contributed by atoms with E-state index in [1.54, 1.807) is 52.2 Å². The van der Waals surface area contributed by atoms with Crippen LogP contribution < -0.4 is 15.6 Å². The van der Waals surface area contributed by atoms with Crippen molar-refractivity contribution in [1.29, 1.82) is 5.26 Å². The number of rotatable bonds is 7. The molecule has 4 aromatic rings. The average molecular weight is 666 g/mol. The molecule has 1 saturated carbocycles. The van der Waals surface area contributed by atoms with Crippen molar-refractivity contribution < 1.29 is 18.7 Å². The Morgan fingerprint density at radius 1 is 1.14 bits per heavy atom. The molecule has 254 valence electrons. The number of halogens is 1. The van der Waals surface area contributed by atoms with Crippen LogP contribution in [0.25, 0.3) is 33.2 Å². The molecule has 0 spiro atoms. The van der Waals surface area contributed by atoms with Gasteiger partial charge in [0.05, 0.1) is 52.3 Å². The van der Waals surface area contributed by atoms with Crippen molar-refractivity contribution in [3.63, 3.8) is 0 Å². The topological polar surface area (TPSA) is 138 Å². The van der Waals surface area contributed by atoms with E-state index in [0.29, 0.717) is 33.3 Å². The molecular formula is C37H40FN7O4. The maximum Gasteiger partial charge on any atom is 0.407 e. The van der Waals surface area contributed by atoms with Crippen molar-refractivity contribution in [2.24, 2.45) is 7.05 Å². The summed E-state index contributed by atoms with van der Waals surface area (Å²) >= 11 is 0. The molecule has 0 unspecified atom stereocenters. The van der Waals surface area contributed by atoms with E-state index in [1.165, 1.54) is 10.7 Å². The molecule has 2 aromatic heterocycles. The molecule has 1 aliphatic heterocycles. The lowest BCUT2D eigenvalue weighted by Gasteiger charge is -2.30. The fourth-order valence-corrected chi connectivity index (χ4v) is 6.03. The lowest BCUT2D eigenvalue weighted by atomic mass is 9.93. The molecule has 6 rings (SSSR count). The number of aromatic nitrogens is 4. The Labute approximate surface area is 284 Å². The van der Waals surface area contributed by atoms with E-state index in [9.17, 15) is 14.9 Å². The number of benzene rings is 2. The van der Waals surface area contributed by atoms with Gasteiger partial charge in [-0.25, -0.2) is 14.3 Å². The molecule has 3 heterocycles. The Kier molecular flexibility index (Phi) is 8.95. The van der Waals surface area contributed by atoms with E-state index in [2.05, 4.69) is 43.4 Å². The van der Waals surface area contributed by atoms with Gasteiger partial charge in [-0.05, 0) is 91.1 Å². The Bertz CT molecular complexity index is 2100. The second-order valence-electron chi connectivity index (χ2n) is 14.1. The number of ether oxygens (including phenoxy) is 2. The van der Waals surface area contributed by atoms with Crippen LogP contribution >= 0.6 is 0 Å². The maximum absolute atomic E-state index is 16.8. The number of alkyl carbamates (subject to hydrolysis) is 1. The van der Waals surface area contributed by atoms with Gasteiger partial charge in [0.25, 0.3) is 5.56 Å². The highest BCUT2D eigenvalue weighted by molar-refractivity contribution is 5.92. The summed E-state index contributed by atoms with van der Waals surface area (Å²) in [6, 6.07) is 8.86. The Morgan fingerprint density at radius 3 is 2.55 bits per heavy atom. The molecule has 49 heavy (non-hydrogen) atoms. The molecule has 2 fully saturated rings. The third kappa shape index (κ3) is 7.15. The van der Waals surface area contributed by atoms with Gasteiger partial charge in [0.1, 0.15) is 28.8 Å². The number of fused-ring (bicyclic) bond motifs is 1. The number of likely N-dealkylation sites (tertiary alicyclic amines) is 1. The minimum absolute atomic E-state index is 0.0187. The average Bonchev–Trinajstić information content (AvgIpc) is 3.51. The van der Waals surface area contributed by atoms with Crippen LogP contribution in [0.4, 0.5) is 9.18 Å². The first-order valence-corrected chi connectivity index (χ1v) is 16.5. The summed E-state index contributed by atoms with van der Waals surface area (Å²) in [7, 11) is 1.68. The highest BCUT2D eigenvalue weighted by Crippen LogP contribution is 2.42. The van der Waals surface area contributed by atoms with E-state index in [-0.39, 0.29) is 35.1 Å². The first-order chi connectivity index (χ1) is 23.3. The van der Waals surface area contributed by atoms with Crippen molar-refractivity contribution >= 4 is 16.9 Å². The standard InChI is InChI=1S/C37H40FN7O4/c1-36(2,3)49-35(47)40-21-29-26-17-22(9-12-25(26)34(46)43-42-29)28-20-41-44(6)33(28)31-27(19-39)30(48-24-10-11-24)18-23(32(31)38)13-14-37(4,5)45-15-7-8-16-45/h9,12,17-18,20,24H,7-8,10-11,15-16,21H2,1-6H3,(H,40,47)(H,43,46). The zero-order valence-electron chi connectivity index (χ0n) is 28.7. The molecule has 1 aliphatic carbocycles. The van der Waals surface area contributed by atoms with Crippen LogP contribution in [0, 0.1) is 29.0 Å². The number of hydrogen-bond donors (Lipinski definition) is 2. The number of nitriles is 1. The van der Waals surface area contributed by atoms with E-state index in [0.717, 1.165) is 38.8 Å². The summed E-state index contributed by atoms with van der Waals surface area (Å²) in [6.45, 7) is 11.2. The molecule has 1 amide bonds. The molecular weight excluding hydrogens is 625 g/mol. The first-order valence-electron chi connectivity index (χ1n) is 16.5. The van der Waals surface area contributed by atoms with Gasteiger partial charge >= 0.3 is 6.09 Å². The normalized spacial score (nSPS) is 15.1. The van der Waals surface area contributed by atoms with Gasteiger partial charge in [0.2, 0.25) is 0 Å². The minimum Gasteiger partial charge on any atom is -0.489 e. The van der Waals surface area contributed by atoms with Crippen LogP contribution in [0.1, 0.15) is 77.1 Å². The summed E-state index contributed by atoms with van der Waals surface area (Å²) in [4.78, 5) is 27.4. The van der Waals surface area contributed by atoms with E-state index in [4.69, 9.17) is 9.47 Å². The lowest BCUT2D eigenvalue weighted by Crippen LogP contribution is -2.40.